The number of aliphatic carboxylic acids is 1. The summed E-state index contributed by atoms with van der Waals surface area (Å²) in [7, 11) is 0. The Morgan fingerprint density at radius 1 is 1.11 bits per heavy atom. The van der Waals surface area contributed by atoms with Gasteiger partial charge in [0.1, 0.15) is 6.61 Å². The minimum absolute atomic E-state index is 0.0534. The van der Waals surface area contributed by atoms with Gasteiger partial charge in [-0.25, -0.2) is 4.79 Å². The predicted molar refractivity (Wildman–Crippen MR) is 128 cm³/mol. The molecule has 2 aromatic carbocycles. The van der Waals surface area contributed by atoms with Gasteiger partial charge in [0.2, 0.25) is 5.91 Å². The van der Waals surface area contributed by atoms with Gasteiger partial charge in [-0.05, 0) is 42.0 Å². The summed E-state index contributed by atoms with van der Waals surface area (Å²) >= 11 is 0. The van der Waals surface area contributed by atoms with Crippen LogP contribution in [0.5, 0.6) is 0 Å². The lowest BCUT2D eigenvalue weighted by atomic mass is 9.83. The highest BCUT2D eigenvalue weighted by molar-refractivity contribution is 5.86. The van der Waals surface area contributed by atoms with E-state index in [4.69, 9.17) is 9.47 Å². The largest absolute Gasteiger partial charge is 0.481 e. The molecule has 35 heavy (non-hydrogen) atoms. The van der Waals surface area contributed by atoms with Gasteiger partial charge in [-0.3, -0.25) is 9.59 Å². The van der Waals surface area contributed by atoms with Crippen LogP contribution in [0.25, 0.3) is 11.1 Å². The van der Waals surface area contributed by atoms with Crippen molar-refractivity contribution in [2.45, 2.75) is 44.2 Å². The van der Waals surface area contributed by atoms with E-state index in [0.29, 0.717) is 13.0 Å². The third-order valence-electron chi connectivity index (χ3n) is 7.63. The van der Waals surface area contributed by atoms with Crippen molar-refractivity contribution in [2.75, 3.05) is 26.4 Å². The number of carbonyl (C=O) groups excluding carboxylic acids is 2. The summed E-state index contributed by atoms with van der Waals surface area (Å²) in [6.45, 7) is 2.84. The first-order valence-corrected chi connectivity index (χ1v) is 12.1. The topological polar surface area (TPSA) is 105 Å². The van der Waals surface area contributed by atoms with E-state index in [1.165, 1.54) is 0 Å². The second-order valence-electron chi connectivity index (χ2n) is 9.85. The minimum Gasteiger partial charge on any atom is -0.481 e. The van der Waals surface area contributed by atoms with Crippen LogP contribution in [0.2, 0.25) is 0 Å². The molecule has 3 atom stereocenters. The first kappa shape index (κ1) is 23.4. The van der Waals surface area contributed by atoms with Gasteiger partial charge < -0.3 is 24.8 Å². The molecule has 2 heterocycles. The summed E-state index contributed by atoms with van der Waals surface area (Å²) in [6, 6.07) is 15.4. The Labute approximate surface area is 204 Å². The number of rotatable bonds is 6. The van der Waals surface area contributed by atoms with Crippen LogP contribution in [-0.2, 0) is 19.1 Å². The zero-order chi connectivity index (χ0) is 24.6. The molecule has 5 rings (SSSR count). The highest BCUT2D eigenvalue weighted by atomic mass is 16.5. The maximum absolute atomic E-state index is 13.5. The van der Waals surface area contributed by atoms with Gasteiger partial charge in [0.15, 0.2) is 0 Å². The lowest BCUT2D eigenvalue weighted by Gasteiger charge is -2.35. The molecule has 0 bridgehead atoms. The second-order valence-corrected chi connectivity index (χ2v) is 9.85. The Balaban J connectivity index is 1.25. The number of nitrogens with zero attached hydrogens (tertiary/aromatic N) is 1. The Morgan fingerprint density at radius 3 is 2.43 bits per heavy atom. The Morgan fingerprint density at radius 2 is 1.77 bits per heavy atom. The van der Waals surface area contributed by atoms with E-state index in [1.807, 2.05) is 24.3 Å². The highest BCUT2D eigenvalue weighted by Gasteiger charge is 2.51. The van der Waals surface area contributed by atoms with Crippen molar-refractivity contribution in [3.05, 3.63) is 59.7 Å². The molecule has 0 aromatic heterocycles. The molecule has 184 valence electrons. The molecule has 2 fully saturated rings. The van der Waals surface area contributed by atoms with Crippen LogP contribution >= 0.6 is 0 Å². The van der Waals surface area contributed by atoms with Crippen LogP contribution in [0.1, 0.15) is 43.2 Å². The van der Waals surface area contributed by atoms with Crippen molar-refractivity contribution in [1.29, 1.82) is 0 Å². The number of ether oxygens (including phenoxy) is 2. The number of carbonyl (C=O) groups is 3. The van der Waals surface area contributed by atoms with E-state index in [0.717, 1.165) is 28.7 Å². The summed E-state index contributed by atoms with van der Waals surface area (Å²) in [5.41, 5.74) is 3.59. The Hall–Kier alpha value is -3.39. The molecule has 3 aliphatic rings. The van der Waals surface area contributed by atoms with E-state index in [1.54, 1.807) is 11.8 Å². The van der Waals surface area contributed by atoms with E-state index in [9.17, 15) is 19.5 Å². The number of carboxylic acid groups (broad SMARTS) is 1. The average molecular weight is 479 g/mol. The summed E-state index contributed by atoms with van der Waals surface area (Å²) in [5, 5.41) is 12.1. The average Bonchev–Trinajstić information content (AvgIpc) is 3.54. The monoisotopic (exact) mass is 478 g/mol. The number of benzene rings is 2. The zero-order valence-corrected chi connectivity index (χ0v) is 19.7. The van der Waals surface area contributed by atoms with Crippen LogP contribution in [0.4, 0.5) is 4.79 Å². The number of hydrogen-bond acceptors (Lipinski definition) is 5. The van der Waals surface area contributed by atoms with Crippen molar-refractivity contribution in [2.24, 2.45) is 5.41 Å². The number of carboxylic acids is 1. The quantitative estimate of drug-likeness (QED) is 0.659. The number of likely N-dealkylation sites (tertiary alicyclic amines) is 1. The van der Waals surface area contributed by atoms with Crippen molar-refractivity contribution in [3.63, 3.8) is 0 Å². The molecule has 2 aromatic rings. The summed E-state index contributed by atoms with van der Waals surface area (Å²) in [6.07, 6.45) is 0.766. The van der Waals surface area contributed by atoms with Gasteiger partial charge in [-0.15, -0.1) is 0 Å². The molecule has 8 nitrogen and oxygen atoms in total. The van der Waals surface area contributed by atoms with Gasteiger partial charge in [0, 0.05) is 18.5 Å². The third-order valence-corrected chi connectivity index (χ3v) is 7.63. The molecule has 2 aliphatic heterocycles. The molecule has 0 radical (unpaired) electrons. The van der Waals surface area contributed by atoms with Gasteiger partial charge >= 0.3 is 12.1 Å². The highest BCUT2D eigenvalue weighted by Crippen LogP contribution is 2.44. The van der Waals surface area contributed by atoms with Gasteiger partial charge in [-0.1, -0.05) is 48.5 Å². The molecule has 8 heteroatoms. The van der Waals surface area contributed by atoms with Crippen LogP contribution in [-0.4, -0.2) is 66.4 Å². The third kappa shape index (κ3) is 4.27. The van der Waals surface area contributed by atoms with Crippen molar-refractivity contribution in [3.8, 4) is 11.1 Å². The van der Waals surface area contributed by atoms with Crippen LogP contribution in [0.3, 0.4) is 0 Å². The fourth-order valence-corrected chi connectivity index (χ4v) is 5.71. The normalized spacial score (nSPS) is 25.2. The number of fused-ring (bicyclic) bond motifs is 3. The van der Waals surface area contributed by atoms with Crippen molar-refractivity contribution < 1.29 is 29.0 Å². The molecule has 2 saturated heterocycles. The fraction of sp³-hybridized carbons (Fsp3) is 0.444. The smallest absolute Gasteiger partial charge is 0.407 e. The van der Waals surface area contributed by atoms with Gasteiger partial charge in [0.25, 0.3) is 0 Å². The summed E-state index contributed by atoms with van der Waals surface area (Å²) in [5.74, 6) is -1.15. The van der Waals surface area contributed by atoms with Crippen molar-refractivity contribution in [1.82, 2.24) is 10.2 Å². The van der Waals surface area contributed by atoms with Gasteiger partial charge in [-0.2, -0.15) is 0 Å². The Kier molecular flexibility index (Phi) is 6.23. The predicted octanol–water partition coefficient (Wildman–Crippen LogP) is 3.40. The van der Waals surface area contributed by atoms with Crippen LogP contribution in [0.15, 0.2) is 48.5 Å². The minimum atomic E-state index is -0.979. The summed E-state index contributed by atoms with van der Waals surface area (Å²) in [4.78, 5) is 39.2. The fourth-order valence-electron chi connectivity index (χ4n) is 5.71. The first-order chi connectivity index (χ1) is 16.9. The number of nitrogens with one attached hydrogen (secondary N) is 1. The SMILES string of the molecule is CC1(C(=O)N2CCCC2CC(=O)O)COCC1NC(=O)OCC1c2ccccc2-c2ccccc21. The van der Waals surface area contributed by atoms with Crippen LogP contribution < -0.4 is 5.32 Å². The van der Waals surface area contributed by atoms with E-state index in [-0.39, 0.29) is 44.1 Å². The second kappa shape index (κ2) is 9.34. The maximum Gasteiger partial charge on any atom is 0.407 e. The number of alkyl carbamates (subject to hydrolysis) is 1. The maximum atomic E-state index is 13.5. The molecular formula is C27H30N2O6. The molecule has 2 amide bonds. The number of hydrogen-bond donors (Lipinski definition) is 2. The Bertz CT molecular complexity index is 1100. The summed E-state index contributed by atoms with van der Waals surface area (Å²) < 4.78 is 11.3. The first-order valence-electron chi connectivity index (χ1n) is 12.1. The standard InChI is InChI=1S/C27H30N2O6/c1-27(25(32)29-12-6-7-17(29)13-24(30)31)16-34-15-23(27)28-26(33)35-14-22-20-10-4-2-8-18(20)19-9-3-5-11-21(19)22/h2-5,8-11,17,22-23H,6-7,12-16H2,1H3,(H,28,33)(H,30,31). The molecule has 2 N–H and O–H groups in total. The lowest BCUT2D eigenvalue weighted by Crippen LogP contribution is -2.55. The molecule has 1 aliphatic carbocycles. The molecule has 0 spiro atoms. The molecule has 0 saturated carbocycles. The van der Waals surface area contributed by atoms with E-state index >= 15 is 0 Å². The van der Waals surface area contributed by atoms with Crippen molar-refractivity contribution >= 4 is 18.0 Å². The molecule has 3 unspecified atom stereocenters. The van der Waals surface area contributed by atoms with E-state index in [2.05, 4.69) is 29.6 Å². The zero-order valence-electron chi connectivity index (χ0n) is 19.7. The van der Waals surface area contributed by atoms with Gasteiger partial charge in [0.05, 0.1) is 31.1 Å². The van der Waals surface area contributed by atoms with E-state index < -0.39 is 23.5 Å². The lowest BCUT2D eigenvalue weighted by molar-refractivity contribution is -0.145. The number of amides is 2. The van der Waals surface area contributed by atoms with Crippen LogP contribution in [0, 0.1) is 5.41 Å². The molecular weight excluding hydrogens is 448 g/mol.